The van der Waals surface area contributed by atoms with Crippen LogP contribution in [0.2, 0.25) is 0 Å². The second kappa shape index (κ2) is 9.98. The van der Waals surface area contributed by atoms with E-state index in [1.807, 2.05) is 9.80 Å². The molecule has 1 atom stereocenters. The number of rotatable bonds is 6. The third-order valence-electron chi connectivity index (χ3n) is 6.80. The first-order valence-corrected chi connectivity index (χ1v) is 11.8. The number of carbonyl (C=O) groups excluding carboxylic acids is 2. The summed E-state index contributed by atoms with van der Waals surface area (Å²) in [6.07, 6.45) is 3.32. The molecule has 2 amide bonds. The Hall–Kier alpha value is -2.48. The van der Waals surface area contributed by atoms with Crippen LogP contribution in [0, 0.1) is 11.7 Å². The van der Waals surface area contributed by atoms with Crippen molar-refractivity contribution in [1.82, 2.24) is 24.7 Å². The highest BCUT2D eigenvalue weighted by Crippen LogP contribution is 2.22. The van der Waals surface area contributed by atoms with E-state index in [0.717, 1.165) is 45.6 Å². The number of piperidine rings is 1. The van der Waals surface area contributed by atoms with E-state index in [1.165, 1.54) is 12.1 Å². The highest BCUT2D eigenvalue weighted by Gasteiger charge is 2.28. The van der Waals surface area contributed by atoms with Crippen molar-refractivity contribution in [2.24, 2.45) is 5.92 Å². The van der Waals surface area contributed by atoms with E-state index in [2.05, 4.69) is 28.7 Å². The Morgan fingerprint density at radius 1 is 1.12 bits per heavy atom. The van der Waals surface area contributed by atoms with Gasteiger partial charge in [0.15, 0.2) is 0 Å². The molecule has 0 bridgehead atoms. The van der Waals surface area contributed by atoms with E-state index in [-0.39, 0.29) is 23.5 Å². The number of piperazine rings is 1. The molecule has 2 aliphatic rings. The van der Waals surface area contributed by atoms with Crippen LogP contribution in [0.5, 0.6) is 0 Å². The normalized spacial score (nSPS) is 20.3. The summed E-state index contributed by atoms with van der Waals surface area (Å²) in [5, 5.41) is 0. The molecule has 1 aromatic carbocycles. The van der Waals surface area contributed by atoms with Crippen LogP contribution in [0.25, 0.3) is 11.0 Å². The van der Waals surface area contributed by atoms with Crippen LogP contribution >= 0.6 is 0 Å². The quantitative estimate of drug-likeness (QED) is 0.745. The zero-order chi connectivity index (χ0) is 22.7. The van der Waals surface area contributed by atoms with Crippen molar-refractivity contribution in [2.45, 2.75) is 52.0 Å². The van der Waals surface area contributed by atoms with Gasteiger partial charge in [-0.05, 0) is 50.8 Å². The molecule has 7 nitrogen and oxygen atoms in total. The van der Waals surface area contributed by atoms with Crippen molar-refractivity contribution < 1.29 is 14.0 Å². The molecule has 2 saturated heterocycles. The van der Waals surface area contributed by atoms with Crippen LogP contribution in [0.1, 0.15) is 45.4 Å². The molecule has 8 heteroatoms. The maximum absolute atomic E-state index is 13.4. The number of aromatic amines is 1. The number of likely N-dealkylation sites (tertiary alicyclic amines) is 1. The number of amides is 2. The van der Waals surface area contributed by atoms with Gasteiger partial charge in [0.1, 0.15) is 11.6 Å². The van der Waals surface area contributed by atoms with Gasteiger partial charge in [-0.25, -0.2) is 9.37 Å². The van der Waals surface area contributed by atoms with Crippen LogP contribution in [-0.4, -0.2) is 81.8 Å². The summed E-state index contributed by atoms with van der Waals surface area (Å²) in [6, 6.07) is 4.97. The fraction of sp³-hybridized carbons (Fsp3) is 0.625. The van der Waals surface area contributed by atoms with Gasteiger partial charge in [0.2, 0.25) is 11.8 Å². The van der Waals surface area contributed by atoms with Gasteiger partial charge in [-0.1, -0.05) is 0 Å². The Morgan fingerprint density at radius 3 is 2.66 bits per heavy atom. The van der Waals surface area contributed by atoms with Crippen LogP contribution in [0.15, 0.2) is 18.2 Å². The second-order valence-corrected chi connectivity index (χ2v) is 9.41. The predicted molar refractivity (Wildman–Crippen MR) is 122 cm³/mol. The fourth-order valence-corrected chi connectivity index (χ4v) is 4.86. The number of hydrogen-bond donors (Lipinski definition) is 1. The number of nitrogens with zero attached hydrogens (tertiary/aromatic N) is 4. The number of imidazole rings is 1. The number of benzene rings is 1. The topological polar surface area (TPSA) is 72.5 Å². The van der Waals surface area contributed by atoms with Gasteiger partial charge in [-0.15, -0.1) is 0 Å². The lowest BCUT2D eigenvalue weighted by atomic mass is 9.93. The molecule has 0 spiro atoms. The number of H-pyrrole nitrogens is 1. The minimum atomic E-state index is -0.306. The molecule has 1 N–H and O–H groups in total. The van der Waals surface area contributed by atoms with E-state index >= 15 is 0 Å². The van der Waals surface area contributed by atoms with Gasteiger partial charge in [-0.3, -0.25) is 14.5 Å². The van der Waals surface area contributed by atoms with Gasteiger partial charge in [-0.2, -0.15) is 0 Å². The van der Waals surface area contributed by atoms with E-state index in [9.17, 15) is 14.0 Å². The third-order valence-corrected chi connectivity index (χ3v) is 6.80. The van der Waals surface area contributed by atoms with E-state index in [4.69, 9.17) is 0 Å². The Balaban J connectivity index is 1.25. The van der Waals surface area contributed by atoms with Crippen molar-refractivity contribution in [3.63, 3.8) is 0 Å². The molecule has 2 aromatic rings. The van der Waals surface area contributed by atoms with Crippen LogP contribution < -0.4 is 0 Å². The predicted octanol–water partition coefficient (Wildman–Crippen LogP) is 2.82. The Morgan fingerprint density at radius 2 is 1.91 bits per heavy atom. The number of aryl methyl sites for hydroxylation is 1. The zero-order valence-corrected chi connectivity index (χ0v) is 19.1. The monoisotopic (exact) mass is 443 g/mol. The van der Waals surface area contributed by atoms with Gasteiger partial charge >= 0.3 is 0 Å². The molecule has 0 radical (unpaired) electrons. The van der Waals surface area contributed by atoms with Gasteiger partial charge < -0.3 is 14.8 Å². The summed E-state index contributed by atoms with van der Waals surface area (Å²) in [6.45, 7) is 9.27. The third kappa shape index (κ3) is 5.46. The minimum Gasteiger partial charge on any atom is -0.342 e. The van der Waals surface area contributed by atoms with Gasteiger partial charge in [0, 0.05) is 64.6 Å². The average Bonchev–Trinajstić information content (AvgIpc) is 3.19. The van der Waals surface area contributed by atoms with Gasteiger partial charge in [0.05, 0.1) is 11.0 Å². The molecule has 1 aromatic heterocycles. The lowest BCUT2D eigenvalue weighted by Crippen LogP contribution is -2.51. The lowest BCUT2D eigenvalue weighted by Gasteiger charge is -2.38. The first-order chi connectivity index (χ1) is 15.4. The largest absolute Gasteiger partial charge is 0.342 e. The number of fused-ring (bicyclic) bond motifs is 1. The molecular weight excluding hydrogens is 409 g/mol. The lowest BCUT2D eigenvalue weighted by molar-refractivity contribution is -0.137. The van der Waals surface area contributed by atoms with Crippen LogP contribution in [0.4, 0.5) is 4.39 Å². The van der Waals surface area contributed by atoms with E-state index in [1.54, 1.807) is 6.07 Å². The first-order valence-electron chi connectivity index (χ1n) is 11.8. The summed E-state index contributed by atoms with van der Waals surface area (Å²) in [5.41, 5.74) is 1.36. The number of carbonyl (C=O) groups is 2. The van der Waals surface area contributed by atoms with Crippen molar-refractivity contribution in [3.05, 3.63) is 29.8 Å². The van der Waals surface area contributed by atoms with E-state index < -0.39 is 0 Å². The van der Waals surface area contributed by atoms with Crippen molar-refractivity contribution >= 4 is 22.8 Å². The number of aromatic nitrogens is 2. The van der Waals surface area contributed by atoms with Gasteiger partial charge in [0.25, 0.3) is 0 Å². The summed E-state index contributed by atoms with van der Waals surface area (Å²) in [7, 11) is 0. The highest BCUT2D eigenvalue weighted by molar-refractivity contribution is 5.78. The molecule has 2 aliphatic heterocycles. The van der Waals surface area contributed by atoms with E-state index in [0.29, 0.717) is 48.7 Å². The van der Waals surface area contributed by atoms with Crippen molar-refractivity contribution in [2.75, 3.05) is 39.3 Å². The first kappa shape index (κ1) is 22.7. The van der Waals surface area contributed by atoms with Crippen LogP contribution in [0.3, 0.4) is 0 Å². The Kier molecular flexibility index (Phi) is 7.08. The van der Waals surface area contributed by atoms with Crippen molar-refractivity contribution in [1.29, 1.82) is 0 Å². The standard InChI is InChI=1S/C24H34FN5O2/c1-17(2)28-10-12-29(13-11-28)24(32)14-18-4-3-9-30(16-18)23(31)8-7-22-26-20-6-5-19(25)15-21(20)27-22/h5-6,15,17-18H,3-4,7-14,16H2,1-2H3,(H,26,27)/t18-/m1/s1. The number of halogens is 1. The molecule has 4 rings (SSSR count). The zero-order valence-electron chi connectivity index (χ0n) is 19.1. The molecule has 0 aliphatic carbocycles. The average molecular weight is 444 g/mol. The van der Waals surface area contributed by atoms with Crippen molar-refractivity contribution in [3.8, 4) is 0 Å². The summed E-state index contributed by atoms with van der Waals surface area (Å²) < 4.78 is 13.4. The highest BCUT2D eigenvalue weighted by atomic mass is 19.1. The molecule has 32 heavy (non-hydrogen) atoms. The van der Waals surface area contributed by atoms with Crippen LogP contribution in [-0.2, 0) is 16.0 Å². The SMILES string of the molecule is CC(C)N1CCN(C(=O)C[C@H]2CCCN(C(=O)CCc3nc4ccc(F)cc4[nH]3)C2)CC1. The molecule has 3 heterocycles. The number of hydrogen-bond acceptors (Lipinski definition) is 4. The molecule has 2 fully saturated rings. The maximum Gasteiger partial charge on any atom is 0.223 e. The second-order valence-electron chi connectivity index (χ2n) is 9.41. The molecule has 0 saturated carbocycles. The molecular formula is C24H34FN5O2. The number of nitrogens with one attached hydrogen (secondary N) is 1. The fourth-order valence-electron chi connectivity index (χ4n) is 4.86. The summed E-state index contributed by atoms with van der Waals surface area (Å²) in [5.74, 6) is 0.946. The Labute approximate surface area is 189 Å². The summed E-state index contributed by atoms with van der Waals surface area (Å²) in [4.78, 5) is 39.4. The Bertz CT molecular complexity index is 951. The maximum atomic E-state index is 13.4. The molecule has 0 unspecified atom stereocenters. The smallest absolute Gasteiger partial charge is 0.223 e. The molecule has 174 valence electrons. The minimum absolute atomic E-state index is 0.0966. The summed E-state index contributed by atoms with van der Waals surface area (Å²) >= 11 is 0.